The third-order valence-corrected chi connectivity index (χ3v) is 5.94. The van der Waals surface area contributed by atoms with E-state index in [9.17, 15) is 22.8 Å². The Bertz CT molecular complexity index is 1510. The van der Waals surface area contributed by atoms with E-state index < -0.39 is 29.3 Å². The van der Waals surface area contributed by atoms with E-state index in [4.69, 9.17) is 10.2 Å². The van der Waals surface area contributed by atoms with Crippen molar-refractivity contribution < 1.29 is 31.9 Å². The van der Waals surface area contributed by atoms with Crippen LogP contribution in [-0.2, 0) is 15.1 Å². The molecule has 2 heterocycles. The number of nitrogens with zero attached hydrogens (tertiary/aromatic N) is 2. The van der Waals surface area contributed by atoms with Crippen molar-refractivity contribution in [3.8, 4) is 17.1 Å². The highest BCUT2D eigenvalue weighted by Crippen LogP contribution is 2.44. The van der Waals surface area contributed by atoms with Gasteiger partial charge in [-0.1, -0.05) is 54.6 Å². The Kier molecular flexibility index (Phi) is 5.31. The number of halogens is 3. The van der Waals surface area contributed by atoms with Gasteiger partial charge in [0.1, 0.15) is 17.1 Å². The zero-order valence-electron chi connectivity index (χ0n) is 18.7. The number of esters is 1. The third-order valence-electron chi connectivity index (χ3n) is 5.94. The number of para-hydroxylation sites is 2. The van der Waals surface area contributed by atoms with Gasteiger partial charge < -0.3 is 14.9 Å². The molecular formula is C26H18F3N3O4. The van der Waals surface area contributed by atoms with E-state index in [1.165, 1.54) is 31.3 Å². The lowest BCUT2D eigenvalue weighted by Crippen LogP contribution is -2.41. The molecule has 7 nitrogen and oxygen atoms in total. The number of carbonyl (C=O) groups is 2. The van der Waals surface area contributed by atoms with Crippen LogP contribution in [0.2, 0.25) is 0 Å². The van der Waals surface area contributed by atoms with Crippen molar-refractivity contribution in [2.24, 2.45) is 10.7 Å². The number of ether oxygens (including phenoxy) is 1. The predicted octanol–water partition coefficient (Wildman–Crippen LogP) is 4.60. The molecule has 36 heavy (non-hydrogen) atoms. The fourth-order valence-corrected chi connectivity index (χ4v) is 4.19. The van der Waals surface area contributed by atoms with Crippen LogP contribution >= 0.6 is 0 Å². The summed E-state index contributed by atoms with van der Waals surface area (Å²) in [5.41, 5.74) is 5.58. The summed E-state index contributed by atoms with van der Waals surface area (Å²) in [5, 5.41) is 0.871. The van der Waals surface area contributed by atoms with Crippen LogP contribution in [-0.4, -0.2) is 36.0 Å². The van der Waals surface area contributed by atoms with Crippen LogP contribution in [0.5, 0.6) is 5.75 Å². The summed E-state index contributed by atoms with van der Waals surface area (Å²) < 4.78 is 49.6. The number of carbonyl (C=O) groups excluding carboxylic acids is 2. The zero-order chi connectivity index (χ0) is 25.7. The number of aliphatic imine (C=N–C) groups is 1. The number of furan rings is 1. The monoisotopic (exact) mass is 493 g/mol. The Balaban J connectivity index is 1.70. The maximum Gasteiger partial charge on any atom is 0.491 e. The van der Waals surface area contributed by atoms with E-state index in [0.29, 0.717) is 22.5 Å². The molecule has 3 aromatic carbocycles. The second-order valence-corrected chi connectivity index (χ2v) is 8.16. The molecular weight excluding hydrogens is 475 g/mol. The molecule has 1 aliphatic rings. The largest absolute Gasteiger partial charge is 0.491 e. The number of hydrogen-bond acceptors (Lipinski definition) is 6. The molecule has 4 aromatic rings. The van der Waals surface area contributed by atoms with Crippen LogP contribution in [0.3, 0.4) is 0 Å². The maximum absolute atomic E-state index is 13.6. The SMILES string of the molecule is CN1C(=O)C(c2cccc(-c3cc4ccccc4o3)c2)(c2ccccc2OC(=O)C(F)(F)F)N=C1N. The van der Waals surface area contributed by atoms with Crippen molar-refractivity contribution in [1.29, 1.82) is 0 Å². The molecule has 1 aromatic heterocycles. The lowest BCUT2D eigenvalue weighted by molar-refractivity contribution is -0.189. The number of fused-ring (bicyclic) bond motifs is 1. The van der Waals surface area contributed by atoms with E-state index in [1.54, 1.807) is 24.3 Å². The average Bonchev–Trinajstić information content (AvgIpc) is 3.39. The number of hydrogen-bond donors (Lipinski definition) is 1. The molecule has 1 amide bonds. The minimum absolute atomic E-state index is 0.0679. The van der Waals surface area contributed by atoms with Gasteiger partial charge >= 0.3 is 12.1 Å². The molecule has 5 rings (SSSR count). The number of rotatable bonds is 4. The second-order valence-electron chi connectivity index (χ2n) is 8.16. The topological polar surface area (TPSA) is 98.1 Å². The van der Waals surface area contributed by atoms with Crippen LogP contribution in [0.4, 0.5) is 13.2 Å². The van der Waals surface area contributed by atoms with Gasteiger partial charge in [0.2, 0.25) is 0 Å². The van der Waals surface area contributed by atoms with Gasteiger partial charge in [0.25, 0.3) is 5.91 Å². The maximum atomic E-state index is 13.6. The van der Waals surface area contributed by atoms with Crippen molar-refractivity contribution in [3.05, 3.63) is 90.0 Å². The van der Waals surface area contributed by atoms with E-state index in [-0.39, 0.29) is 11.5 Å². The molecule has 2 N–H and O–H groups in total. The van der Waals surface area contributed by atoms with E-state index in [2.05, 4.69) is 9.73 Å². The normalized spacial score (nSPS) is 17.9. The fourth-order valence-electron chi connectivity index (χ4n) is 4.19. The lowest BCUT2D eigenvalue weighted by Gasteiger charge is -2.28. The van der Waals surface area contributed by atoms with Gasteiger partial charge in [-0.25, -0.2) is 9.79 Å². The Labute approximate surface area is 202 Å². The first kappa shape index (κ1) is 23.2. The molecule has 1 aliphatic heterocycles. The van der Waals surface area contributed by atoms with Crippen molar-refractivity contribution in [3.63, 3.8) is 0 Å². The Morgan fingerprint density at radius 2 is 1.75 bits per heavy atom. The van der Waals surface area contributed by atoms with Crippen LogP contribution in [0, 0.1) is 0 Å². The van der Waals surface area contributed by atoms with Crippen molar-refractivity contribution >= 4 is 28.8 Å². The molecule has 10 heteroatoms. The Morgan fingerprint density at radius 1 is 1.03 bits per heavy atom. The molecule has 182 valence electrons. The number of nitrogens with two attached hydrogens (primary N) is 1. The van der Waals surface area contributed by atoms with Crippen molar-refractivity contribution in [2.45, 2.75) is 11.7 Å². The summed E-state index contributed by atoms with van der Waals surface area (Å²) in [6.45, 7) is 0. The van der Waals surface area contributed by atoms with Gasteiger partial charge in [-0.2, -0.15) is 13.2 Å². The summed E-state index contributed by atoms with van der Waals surface area (Å²) in [6, 6.07) is 21.4. The van der Waals surface area contributed by atoms with Crippen molar-refractivity contribution in [2.75, 3.05) is 7.05 Å². The van der Waals surface area contributed by atoms with Gasteiger partial charge in [-0.05, 0) is 29.8 Å². The highest BCUT2D eigenvalue weighted by molar-refractivity contribution is 6.09. The molecule has 0 saturated heterocycles. The van der Waals surface area contributed by atoms with E-state index >= 15 is 0 Å². The lowest BCUT2D eigenvalue weighted by atomic mass is 9.81. The van der Waals surface area contributed by atoms with Crippen LogP contribution in [0.1, 0.15) is 11.1 Å². The molecule has 0 fully saturated rings. The van der Waals surface area contributed by atoms with Gasteiger partial charge in [0.05, 0.1) is 0 Å². The molecule has 0 spiro atoms. The van der Waals surface area contributed by atoms with Crippen LogP contribution in [0.25, 0.3) is 22.3 Å². The molecule has 0 saturated carbocycles. The van der Waals surface area contributed by atoms with Crippen molar-refractivity contribution in [1.82, 2.24) is 4.90 Å². The summed E-state index contributed by atoms with van der Waals surface area (Å²) in [5.74, 6) is -3.14. The standard InChI is InChI=1S/C26H18F3N3O4/c1-32-22(33)25(31-24(32)30,18-10-3-5-12-20(18)36-23(34)26(27,28)29)17-9-6-8-15(13-17)21-14-16-7-2-4-11-19(16)35-21/h2-14H,1H3,(H2,30,31). The minimum atomic E-state index is -5.24. The summed E-state index contributed by atoms with van der Waals surface area (Å²) >= 11 is 0. The molecule has 0 aliphatic carbocycles. The highest BCUT2D eigenvalue weighted by atomic mass is 19.4. The second kappa shape index (κ2) is 8.26. The third kappa shape index (κ3) is 3.67. The smallest absolute Gasteiger partial charge is 0.456 e. The first-order valence-electron chi connectivity index (χ1n) is 10.7. The Hall–Kier alpha value is -4.60. The minimum Gasteiger partial charge on any atom is -0.456 e. The molecule has 0 radical (unpaired) electrons. The molecule has 1 atom stereocenters. The first-order chi connectivity index (χ1) is 17.1. The van der Waals surface area contributed by atoms with Gasteiger partial charge in [0, 0.05) is 23.6 Å². The number of amides is 1. The molecule has 1 unspecified atom stereocenters. The van der Waals surface area contributed by atoms with Gasteiger partial charge in [-0.15, -0.1) is 0 Å². The fraction of sp³-hybridized carbons (Fsp3) is 0.115. The Morgan fingerprint density at radius 3 is 2.44 bits per heavy atom. The zero-order valence-corrected chi connectivity index (χ0v) is 18.7. The highest BCUT2D eigenvalue weighted by Gasteiger charge is 2.52. The van der Waals surface area contributed by atoms with E-state index in [0.717, 1.165) is 10.3 Å². The quantitative estimate of drug-likeness (QED) is 0.331. The number of alkyl halides is 3. The van der Waals surface area contributed by atoms with Gasteiger partial charge in [0.15, 0.2) is 11.5 Å². The summed E-state index contributed by atoms with van der Waals surface area (Å²) in [4.78, 5) is 30.8. The number of guanidine groups is 1. The number of likely N-dealkylation sites (N-methyl/N-ethyl adjacent to an activating group) is 1. The summed E-state index contributed by atoms with van der Waals surface area (Å²) in [6.07, 6.45) is -5.24. The predicted molar refractivity (Wildman–Crippen MR) is 125 cm³/mol. The average molecular weight is 493 g/mol. The summed E-state index contributed by atoms with van der Waals surface area (Å²) in [7, 11) is 1.40. The number of benzene rings is 3. The van der Waals surface area contributed by atoms with E-state index in [1.807, 2.05) is 30.3 Å². The molecule has 0 bridgehead atoms. The van der Waals surface area contributed by atoms with Crippen LogP contribution in [0.15, 0.2) is 88.3 Å². The van der Waals surface area contributed by atoms with Gasteiger partial charge in [-0.3, -0.25) is 9.69 Å². The van der Waals surface area contributed by atoms with Crippen LogP contribution < -0.4 is 10.5 Å². The first-order valence-corrected chi connectivity index (χ1v) is 10.7.